The minimum atomic E-state index is -0.136. The molecule has 0 atom stereocenters. The van der Waals surface area contributed by atoms with E-state index in [9.17, 15) is 4.79 Å². The normalized spacial score (nSPS) is 16.0. The van der Waals surface area contributed by atoms with Gasteiger partial charge in [-0.1, -0.05) is 30.3 Å². The number of fused-ring (bicyclic) bond motifs is 1. The van der Waals surface area contributed by atoms with Crippen LogP contribution in [0, 0.1) is 13.8 Å². The minimum Gasteiger partial charge on any atom is -0.497 e. The van der Waals surface area contributed by atoms with Crippen molar-refractivity contribution >= 4 is 45.4 Å². The molecular weight excluding hydrogens is 430 g/mol. The zero-order valence-electron chi connectivity index (χ0n) is 18.6. The van der Waals surface area contributed by atoms with Crippen LogP contribution in [0.3, 0.4) is 0 Å². The summed E-state index contributed by atoms with van der Waals surface area (Å²) >= 11 is 1.35. The topological polar surface area (TPSA) is 55.6 Å². The predicted octanol–water partition coefficient (Wildman–Crippen LogP) is 6.15. The zero-order chi connectivity index (χ0) is 22.9. The summed E-state index contributed by atoms with van der Waals surface area (Å²) in [5.41, 5.74) is 5.09. The van der Waals surface area contributed by atoms with Gasteiger partial charge in [0.2, 0.25) is 0 Å². The van der Waals surface area contributed by atoms with E-state index in [2.05, 4.69) is 77.3 Å². The van der Waals surface area contributed by atoms with Crippen molar-refractivity contribution in [3.63, 3.8) is 0 Å². The summed E-state index contributed by atoms with van der Waals surface area (Å²) in [5.74, 6) is 0.632. The molecule has 0 spiro atoms. The molecule has 0 radical (unpaired) electrons. The van der Waals surface area contributed by atoms with E-state index in [-0.39, 0.29) is 5.91 Å². The molecule has 1 aliphatic heterocycles. The lowest BCUT2D eigenvalue weighted by Gasteiger charge is -2.11. The van der Waals surface area contributed by atoms with Crippen LogP contribution in [-0.2, 0) is 4.79 Å². The van der Waals surface area contributed by atoms with Gasteiger partial charge in [-0.2, -0.15) is 0 Å². The molecule has 1 N–H and O–H groups in total. The molecule has 4 aromatic rings. The van der Waals surface area contributed by atoms with E-state index in [1.807, 2.05) is 30.3 Å². The molecule has 0 unspecified atom stereocenters. The summed E-state index contributed by atoms with van der Waals surface area (Å²) in [7, 11) is 1.63. The van der Waals surface area contributed by atoms with Gasteiger partial charge < -0.3 is 14.6 Å². The molecule has 0 aliphatic carbocycles. The Bertz CT molecular complexity index is 1430. The van der Waals surface area contributed by atoms with Gasteiger partial charge >= 0.3 is 0 Å². The molecule has 5 rings (SSSR count). The first kappa shape index (κ1) is 21.1. The highest BCUT2D eigenvalue weighted by Gasteiger charge is 2.24. The molecule has 33 heavy (non-hydrogen) atoms. The maximum Gasteiger partial charge on any atom is 0.264 e. The number of hydrogen-bond acceptors (Lipinski definition) is 4. The van der Waals surface area contributed by atoms with Crippen LogP contribution in [-0.4, -0.2) is 22.8 Å². The van der Waals surface area contributed by atoms with Crippen LogP contribution in [0.2, 0.25) is 0 Å². The number of carbonyl (C=O) groups excluding carboxylic acids is 1. The molecule has 164 valence electrons. The van der Waals surface area contributed by atoms with Gasteiger partial charge in [0.25, 0.3) is 5.91 Å². The number of carbonyl (C=O) groups is 1. The van der Waals surface area contributed by atoms with E-state index in [1.54, 1.807) is 7.11 Å². The van der Waals surface area contributed by atoms with Gasteiger partial charge in [0.15, 0.2) is 5.17 Å². The third-order valence-electron chi connectivity index (χ3n) is 5.70. The Morgan fingerprint density at radius 2 is 1.73 bits per heavy atom. The second kappa shape index (κ2) is 8.64. The second-order valence-corrected chi connectivity index (χ2v) is 8.90. The number of hydrogen-bond donors (Lipinski definition) is 1. The van der Waals surface area contributed by atoms with Crippen molar-refractivity contribution in [1.82, 2.24) is 9.88 Å². The number of aliphatic imine (C=N–C) groups is 1. The molecule has 1 fully saturated rings. The third-order valence-corrected chi connectivity index (χ3v) is 6.61. The fourth-order valence-corrected chi connectivity index (χ4v) is 4.88. The molecule has 1 saturated heterocycles. The number of aromatic nitrogens is 1. The summed E-state index contributed by atoms with van der Waals surface area (Å²) in [4.78, 5) is 17.8. The summed E-state index contributed by atoms with van der Waals surface area (Å²) in [6.45, 7) is 4.17. The van der Waals surface area contributed by atoms with Crippen molar-refractivity contribution < 1.29 is 9.53 Å². The summed E-state index contributed by atoms with van der Waals surface area (Å²) in [6, 6.07) is 24.3. The molecule has 3 aromatic carbocycles. The molecule has 1 aliphatic rings. The number of rotatable bonds is 4. The number of aryl methyl sites for hydroxylation is 1. The monoisotopic (exact) mass is 453 g/mol. The maximum atomic E-state index is 12.6. The Morgan fingerprint density at radius 3 is 2.48 bits per heavy atom. The Hall–Kier alpha value is -3.77. The number of ether oxygens (including phenoxy) is 1. The average molecular weight is 454 g/mol. The first-order valence-corrected chi connectivity index (χ1v) is 11.5. The van der Waals surface area contributed by atoms with Crippen molar-refractivity contribution in [2.75, 3.05) is 7.11 Å². The molecule has 2 heterocycles. The number of benzene rings is 3. The van der Waals surface area contributed by atoms with Crippen molar-refractivity contribution in [3.8, 4) is 11.4 Å². The van der Waals surface area contributed by atoms with Gasteiger partial charge in [-0.25, -0.2) is 4.99 Å². The highest BCUT2D eigenvalue weighted by atomic mass is 32.2. The van der Waals surface area contributed by atoms with E-state index >= 15 is 0 Å². The smallest absolute Gasteiger partial charge is 0.264 e. The van der Waals surface area contributed by atoms with E-state index in [1.165, 1.54) is 22.5 Å². The molecule has 1 amide bonds. The lowest BCUT2D eigenvalue weighted by atomic mass is 10.1. The van der Waals surface area contributed by atoms with E-state index in [0.29, 0.717) is 10.1 Å². The van der Waals surface area contributed by atoms with Crippen LogP contribution in [0.4, 0.5) is 5.69 Å². The molecule has 1 aromatic heterocycles. The number of nitrogens with one attached hydrogen (secondary N) is 1. The fraction of sp³-hybridized carbons (Fsp3) is 0.111. The van der Waals surface area contributed by atoms with Crippen molar-refractivity contribution in [2.45, 2.75) is 13.8 Å². The molecular formula is C27H23N3O2S. The van der Waals surface area contributed by atoms with Gasteiger partial charge in [0.1, 0.15) is 5.75 Å². The number of amidine groups is 1. The van der Waals surface area contributed by atoms with Crippen LogP contribution >= 0.6 is 11.8 Å². The largest absolute Gasteiger partial charge is 0.497 e. The minimum absolute atomic E-state index is 0.136. The number of amides is 1. The van der Waals surface area contributed by atoms with Crippen LogP contribution in [0.1, 0.15) is 17.0 Å². The summed E-state index contributed by atoms with van der Waals surface area (Å²) in [5, 5.41) is 5.85. The number of nitrogens with zero attached hydrogens (tertiary/aromatic N) is 2. The molecule has 6 heteroatoms. The lowest BCUT2D eigenvalue weighted by Crippen LogP contribution is -2.19. The molecule has 5 nitrogen and oxygen atoms in total. The molecule has 0 bridgehead atoms. The Labute approximate surface area is 196 Å². The van der Waals surface area contributed by atoms with Crippen molar-refractivity contribution in [2.24, 2.45) is 4.99 Å². The standard InChI is InChI=1S/C27H23N3O2S/c1-17-14-21(18(2)30(17)23-11-8-19-6-4-5-7-20(19)15-23)16-25-26(31)29-27(33-25)28-22-9-12-24(32-3)13-10-22/h4-16H,1-3H3,(H,28,29,31)/b25-16+. The van der Waals surface area contributed by atoms with E-state index < -0.39 is 0 Å². The second-order valence-electron chi connectivity index (χ2n) is 7.87. The van der Waals surface area contributed by atoms with Gasteiger partial charge in [-0.15, -0.1) is 0 Å². The van der Waals surface area contributed by atoms with Gasteiger partial charge in [0, 0.05) is 17.1 Å². The van der Waals surface area contributed by atoms with Crippen LogP contribution < -0.4 is 10.1 Å². The summed E-state index contributed by atoms with van der Waals surface area (Å²) < 4.78 is 7.41. The Balaban J connectivity index is 1.44. The van der Waals surface area contributed by atoms with Gasteiger partial charge in [-0.05, 0) is 90.5 Å². The van der Waals surface area contributed by atoms with Crippen LogP contribution in [0.5, 0.6) is 5.75 Å². The summed E-state index contributed by atoms with van der Waals surface area (Å²) in [6.07, 6.45) is 1.94. The zero-order valence-corrected chi connectivity index (χ0v) is 19.4. The SMILES string of the molecule is COc1ccc(N=C2NC(=O)/C(=C\c3cc(C)n(-c4ccc5ccccc5c4)c3C)S2)cc1. The fourth-order valence-electron chi connectivity index (χ4n) is 4.04. The van der Waals surface area contributed by atoms with E-state index in [4.69, 9.17) is 4.74 Å². The van der Waals surface area contributed by atoms with E-state index in [0.717, 1.165) is 34.1 Å². The molecule has 0 saturated carbocycles. The Morgan fingerprint density at radius 1 is 0.970 bits per heavy atom. The predicted molar refractivity (Wildman–Crippen MR) is 137 cm³/mol. The van der Waals surface area contributed by atoms with Crippen molar-refractivity contribution in [1.29, 1.82) is 0 Å². The third kappa shape index (κ3) is 4.17. The number of methoxy groups -OCH3 is 1. The van der Waals surface area contributed by atoms with Crippen LogP contribution in [0.15, 0.2) is 82.7 Å². The first-order valence-electron chi connectivity index (χ1n) is 10.6. The highest BCUT2D eigenvalue weighted by molar-refractivity contribution is 8.18. The quantitative estimate of drug-likeness (QED) is 0.377. The average Bonchev–Trinajstić information content (AvgIpc) is 3.31. The lowest BCUT2D eigenvalue weighted by molar-refractivity contribution is -0.115. The highest BCUT2D eigenvalue weighted by Crippen LogP contribution is 2.31. The van der Waals surface area contributed by atoms with Gasteiger partial charge in [0.05, 0.1) is 17.7 Å². The number of thioether (sulfide) groups is 1. The van der Waals surface area contributed by atoms with Crippen LogP contribution in [0.25, 0.3) is 22.5 Å². The first-order chi connectivity index (χ1) is 16.0. The van der Waals surface area contributed by atoms with Gasteiger partial charge in [-0.3, -0.25) is 4.79 Å². The Kier molecular flexibility index (Phi) is 5.52. The maximum absolute atomic E-state index is 12.6. The van der Waals surface area contributed by atoms with Crippen molar-refractivity contribution in [3.05, 3.63) is 94.7 Å².